The number of benzene rings is 2. The monoisotopic (exact) mass is 336 g/mol. The Bertz CT molecular complexity index is 564. The van der Waals surface area contributed by atoms with Crippen LogP contribution in [0.2, 0.25) is 0 Å². The minimum atomic E-state index is -0.435. The summed E-state index contributed by atoms with van der Waals surface area (Å²) in [6.45, 7) is 2.03. The van der Waals surface area contributed by atoms with E-state index >= 15 is 0 Å². The molecule has 2 aromatic carbocycles. The molecule has 0 amide bonds. The van der Waals surface area contributed by atoms with Gasteiger partial charge in [-0.05, 0) is 36.1 Å². The lowest BCUT2D eigenvalue weighted by Gasteiger charge is -2.31. The Labute approximate surface area is 127 Å². The number of hydrogen-bond donors (Lipinski definition) is 1. The van der Waals surface area contributed by atoms with Crippen molar-refractivity contribution in [3.63, 3.8) is 0 Å². The number of hydrogen-bond acceptors (Lipinski definition) is 1. The van der Waals surface area contributed by atoms with Gasteiger partial charge in [-0.1, -0.05) is 59.3 Å². The van der Waals surface area contributed by atoms with Gasteiger partial charge in [-0.15, -0.1) is 0 Å². The maximum Gasteiger partial charge on any atom is 0.127 e. The molecule has 106 valence electrons. The van der Waals surface area contributed by atoms with Crippen LogP contribution in [-0.2, 0) is 11.8 Å². The highest BCUT2D eigenvalue weighted by Crippen LogP contribution is 2.32. The average Bonchev–Trinajstić information content (AvgIpc) is 2.48. The molecule has 0 saturated carbocycles. The SMILES string of the molecule is CCC(CO)(Cc1ccc(Br)cc1F)c1ccccc1. The van der Waals surface area contributed by atoms with Crippen molar-refractivity contribution in [1.82, 2.24) is 0 Å². The van der Waals surface area contributed by atoms with E-state index in [0.717, 1.165) is 16.5 Å². The van der Waals surface area contributed by atoms with Crippen LogP contribution >= 0.6 is 15.9 Å². The first-order valence-electron chi connectivity index (χ1n) is 6.71. The summed E-state index contributed by atoms with van der Waals surface area (Å²) in [5.41, 5.74) is 1.25. The van der Waals surface area contributed by atoms with Gasteiger partial charge in [0.1, 0.15) is 5.82 Å². The molecule has 0 fully saturated rings. The minimum Gasteiger partial charge on any atom is -0.395 e. The molecule has 0 spiro atoms. The summed E-state index contributed by atoms with van der Waals surface area (Å²) in [6.07, 6.45) is 1.24. The molecule has 0 aliphatic rings. The summed E-state index contributed by atoms with van der Waals surface area (Å²) in [5, 5.41) is 9.91. The van der Waals surface area contributed by atoms with Crippen LogP contribution in [0.15, 0.2) is 53.0 Å². The summed E-state index contributed by atoms with van der Waals surface area (Å²) in [6, 6.07) is 14.9. The Kier molecular flexibility index (Phi) is 4.95. The molecule has 20 heavy (non-hydrogen) atoms. The number of halogens is 2. The third-order valence-corrected chi connectivity index (χ3v) is 4.40. The van der Waals surface area contributed by atoms with Crippen LogP contribution < -0.4 is 0 Å². The van der Waals surface area contributed by atoms with Gasteiger partial charge < -0.3 is 5.11 Å². The van der Waals surface area contributed by atoms with E-state index in [-0.39, 0.29) is 12.4 Å². The van der Waals surface area contributed by atoms with Crippen molar-refractivity contribution in [1.29, 1.82) is 0 Å². The maximum absolute atomic E-state index is 14.1. The van der Waals surface area contributed by atoms with Crippen molar-refractivity contribution in [2.75, 3.05) is 6.61 Å². The second kappa shape index (κ2) is 6.51. The topological polar surface area (TPSA) is 20.2 Å². The quantitative estimate of drug-likeness (QED) is 0.853. The van der Waals surface area contributed by atoms with Gasteiger partial charge in [0.25, 0.3) is 0 Å². The van der Waals surface area contributed by atoms with Gasteiger partial charge in [-0.2, -0.15) is 0 Å². The number of aliphatic hydroxyl groups is 1. The first-order chi connectivity index (χ1) is 9.61. The zero-order valence-corrected chi connectivity index (χ0v) is 13.0. The van der Waals surface area contributed by atoms with E-state index in [1.54, 1.807) is 6.07 Å². The molecule has 1 nitrogen and oxygen atoms in total. The first kappa shape index (κ1) is 15.2. The van der Waals surface area contributed by atoms with Crippen molar-refractivity contribution in [2.45, 2.75) is 25.2 Å². The molecule has 1 N–H and O–H groups in total. The van der Waals surface area contributed by atoms with E-state index < -0.39 is 5.41 Å². The van der Waals surface area contributed by atoms with E-state index in [4.69, 9.17) is 0 Å². The highest BCUT2D eigenvalue weighted by atomic mass is 79.9. The summed E-state index contributed by atoms with van der Waals surface area (Å²) in [4.78, 5) is 0. The van der Waals surface area contributed by atoms with Crippen LogP contribution in [0.3, 0.4) is 0 Å². The largest absolute Gasteiger partial charge is 0.395 e. The highest BCUT2D eigenvalue weighted by Gasteiger charge is 2.30. The molecular formula is C17H18BrFO. The second-order valence-electron chi connectivity index (χ2n) is 5.07. The van der Waals surface area contributed by atoms with E-state index in [0.29, 0.717) is 12.0 Å². The lowest BCUT2D eigenvalue weighted by Crippen LogP contribution is -2.32. The smallest absolute Gasteiger partial charge is 0.127 e. The Morgan fingerprint density at radius 2 is 1.85 bits per heavy atom. The molecule has 0 aliphatic carbocycles. The van der Waals surface area contributed by atoms with Crippen molar-refractivity contribution in [3.05, 3.63) is 69.9 Å². The Morgan fingerprint density at radius 1 is 1.15 bits per heavy atom. The van der Waals surface area contributed by atoms with E-state index in [1.165, 1.54) is 6.07 Å². The van der Waals surface area contributed by atoms with Crippen molar-refractivity contribution in [3.8, 4) is 0 Å². The summed E-state index contributed by atoms with van der Waals surface area (Å²) >= 11 is 3.27. The van der Waals surface area contributed by atoms with Crippen molar-refractivity contribution >= 4 is 15.9 Å². The third-order valence-electron chi connectivity index (χ3n) is 3.91. The van der Waals surface area contributed by atoms with E-state index in [1.807, 2.05) is 43.3 Å². The van der Waals surface area contributed by atoms with Crippen LogP contribution in [0, 0.1) is 5.82 Å². The molecule has 0 aliphatic heterocycles. The molecular weight excluding hydrogens is 319 g/mol. The number of rotatable bonds is 5. The molecule has 0 radical (unpaired) electrons. The molecule has 0 aromatic heterocycles. The summed E-state index contributed by atoms with van der Waals surface area (Å²) in [5.74, 6) is -0.235. The second-order valence-corrected chi connectivity index (χ2v) is 5.99. The molecule has 0 saturated heterocycles. The summed E-state index contributed by atoms with van der Waals surface area (Å²) < 4.78 is 14.8. The van der Waals surface area contributed by atoms with Gasteiger partial charge in [0.15, 0.2) is 0 Å². The van der Waals surface area contributed by atoms with Crippen LogP contribution in [0.1, 0.15) is 24.5 Å². The van der Waals surface area contributed by atoms with E-state index in [9.17, 15) is 9.50 Å². The predicted molar refractivity (Wildman–Crippen MR) is 83.3 cm³/mol. The Hall–Kier alpha value is -1.19. The molecule has 3 heteroatoms. The van der Waals surface area contributed by atoms with Crippen LogP contribution in [0.5, 0.6) is 0 Å². The van der Waals surface area contributed by atoms with Gasteiger partial charge in [0.05, 0.1) is 6.61 Å². The Morgan fingerprint density at radius 3 is 2.40 bits per heavy atom. The molecule has 2 aromatic rings. The van der Waals surface area contributed by atoms with Gasteiger partial charge in [-0.3, -0.25) is 0 Å². The minimum absolute atomic E-state index is 0.00299. The maximum atomic E-state index is 14.1. The molecule has 2 rings (SSSR count). The average molecular weight is 337 g/mol. The van der Waals surface area contributed by atoms with Gasteiger partial charge in [0.2, 0.25) is 0 Å². The standard InChI is InChI=1S/C17H18BrFO/c1-2-17(12-20,14-6-4-3-5-7-14)11-13-8-9-15(18)10-16(13)19/h3-10,20H,2,11-12H2,1H3. The Balaban J connectivity index is 2.39. The highest BCUT2D eigenvalue weighted by molar-refractivity contribution is 9.10. The van der Waals surface area contributed by atoms with Crippen LogP contribution in [0.25, 0.3) is 0 Å². The fraction of sp³-hybridized carbons (Fsp3) is 0.294. The zero-order valence-electron chi connectivity index (χ0n) is 11.4. The van der Waals surface area contributed by atoms with Crippen molar-refractivity contribution < 1.29 is 9.50 Å². The summed E-state index contributed by atoms with van der Waals surface area (Å²) in [7, 11) is 0. The van der Waals surface area contributed by atoms with Gasteiger partial charge >= 0.3 is 0 Å². The molecule has 0 bridgehead atoms. The van der Waals surface area contributed by atoms with Crippen LogP contribution in [-0.4, -0.2) is 11.7 Å². The lowest BCUT2D eigenvalue weighted by atomic mass is 9.74. The van der Waals surface area contributed by atoms with Gasteiger partial charge in [-0.25, -0.2) is 4.39 Å². The molecule has 0 heterocycles. The molecule has 1 atom stereocenters. The third kappa shape index (κ3) is 3.10. The lowest BCUT2D eigenvalue weighted by molar-refractivity contribution is 0.185. The first-order valence-corrected chi connectivity index (χ1v) is 7.51. The number of aliphatic hydroxyl groups excluding tert-OH is 1. The fourth-order valence-corrected chi connectivity index (χ4v) is 2.84. The van der Waals surface area contributed by atoms with E-state index in [2.05, 4.69) is 15.9 Å². The molecule has 1 unspecified atom stereocenters. The predicted octanol–water partition coefficient (Wildman–Crippen LogP) is 4.47. The fourth-order valence-electron chi connectivity index (χ4n) is 2.51. The zero-order chi connectivity index (χ0) is 14.6. The van der Waals surface area contributed by atoms with Crippen LogP contribution in [0.4, 0.5) is 4.39 Å². The normalized spacial score (nSPS) is 14.0. The van der Waals surface area contributed by atoms with Crippen molar-refractivity contribution in [2.24, 2.45) is 0 Å². The van der Waals surface area contributed by atoms with Gasteiger partial charge in [0, 0.05) is 9.89 Å².